The average Bonchev–Trinajstić information content (AvgIpc) is 2.72. The Labute approximate surface area is 168 Å². The normalized spacial score (nSPS) is 18.7. The Balaban J connectivity index is 1.77. The molecule has 0 fully saturated rings. The van der Waals surface area contributed by atoms with Gasteiger partial charge in [-0.05, 0) is 65.1 Å². The van der Waals surface area contributed by atoms with Gasteiger partial charge in [-0.25, -0.2) is 0 Å². The molecule has 2 aliphatic rings. The van der Waals surface area contributed by atoms with Crippen molar-refractivity contribution in [3.8, 4) is 11.3 Å². The SMILES string of the molecule is CC1(C)c2ccccc2C(C)(C)c2c(-c3cc4c(cn3)CCCC4)cccc21. The largest absolute Gasteiger partial charge is 0.256 e. The number of nitrogens with zero attached hydrogens (tertiary/aromatic N) is 1. The van der Waals surface area contributed by atoms with Crippen molar-refractivity contribution in [1.29, 1.82) is 0 Å². The van der Waals surface area contributed by atoms with E-state index in [1.807, 2.05) is 0 Å². The highest BCUT2D eigenvalue weighted by Gasteiger charge is 2.42. The number of fused-ring (bicyclic) bond motifs is 3. The fourth-order valence-corrected chi connectivity index (χ4v) is 5.57. The molecule has 2 aromatic carbocycles. The molecule has 0 bridgehead atoms. The van der Waals surface area contributed by atoms with Crippen LogP contribution in [0.1, 0.15) is 73.9 Å². The van der Waals surface area contributed by atoms with E-state index in [1.165, 1.54) is 64.6 Å². The lowest BCUT2D eigenvalue weighted by molar-refractivity contribution is 0.522. The first kappa shape index (κ1) is 17.7. The number of pyridine rings is 1. The summed E-state index contributed by atoms with van der Waals surface area (Å²) in [5.41, 5.74) is 11.1. The molecule has 5 rings (SSSR count). The van der Waals surface area contributed by atoms with Crippen LogP contribution >= 0.6 is 0 Å². The molecule has 2 aliphatic carbocycles. The standard InChI is InChI=1S/C27H29N/c1-26(2)21-13-7-8-14-22(21)27(3,4)25-20(12-9-15-23(25)26)24-16-18-10-5-6-11-19(18)17-28-24/h7-9,12-17H,5-6,10-11H2,1-4H3. The highest BCUT2D eigenvalue weighted by atomic mass is 14.7. The van der Waals surface area contributed by atoms with Crippen molar-refractivity contribution >= 4 is 0 Å². The van der Waals surface area contributed by atoms with Crippen molar-refractivity contribution in [3.05, 3.63) is 88.1 Å². The van der Waals surface area contributed by atoms with Crippen molar-refractivity contribution in [1.82, 2.24) is 4.98 Å². The zero-order chi connectivity index (χ0) is 19.5. The summed E-state index contributed by atoms with van der Waals surface area (Å²) < 4.78 is 0. The molecule has 1 heteroatoms. The Morgan fingerprint density at radius 2 is 1.36 bits per heavy atom. The molecular weight excluding hydrogens is 338 g/mol. The van der Waals surface area contributed by atoms with Gasteiger partial charge in [0.1, 0.15) is 0 Å². The number of aryl methyl sites for hydroxylation is 2. The van der Waals surface area contributed by atoms with Gasteiger partial charge in [0.2, 0.25) is 0 Å². The summed E-state index contributed by atoms with van der Waals surface area (Å²) in [6, 6.07) is 18.2. The van der Waals surface area contributed by atoms with E-state index < -0.39 is 0 Å². The topological polar surface area (TPSA) is 12.9 Å². The monoisotopic (exact) mass is 367 g/mol. The molecule has 28 heavy (non-hydrogen) atoms. The predicted octanol–water partition coefficient (Wildman–Crippen LogP) is 6.59. The molecule has 0 saturated carbocycles. The van der Waals surface area contributed by atoms with Gasteiger partial charge in [0, 0.05) is 22.6 Å². The van der Waals surface area contributed by atoms with Gasteiger partial charge in [0.25, 0.3) is 0 Å². The number of rotatable bonds is 1. The molecule has 0 saturated heterocycles. The Bertz CT molecular complexity index is 1070. The van der Waals surface area contributed by atoms with E-state index >= 15 is 0 Å². The van der Waals surface area contributed by atoms with Crippen LogP contribution in [-0.4, -0.2) is 4.98 Å². The minimum atomic E-state index is -0.0460. The van der Waals surface area contributed by atoms with Crippen LogP contribution in [-0.2, 0) is 23.7 Å². The number of benzene rings is 2. The molecular formula is C27H29N. The summed E-state index contributed by atoms with van der Waals surface area (Å²) in [5.74, 6) is 0. The minimum absolute atomic E-state index is 0.00827. The third-order valence-corrected chi connectivity index (χ3v) is 7.14. The summed E-state index contributed by atoms with van der Waals surface area (Å²) >= 11 is 0. The lowest BCUT2D eigenvalue weighted by Crippen LogP contribution is -2.37. The van der Waals surface area contributed by atoms with E-state index in [1.54, 1.807) is 0 Å². The first-order valence-electron chi connectivity index (χ1n) is 10.6. The third-order valence-electron chi connectivity index (χ3n) is 7.14. The number of hydrogen-bond acceptors (Lipinski definition) is 1. The molecule has 0 unspecified atom stereocenters. The lowest BCUT2D eigenvalue weighted by atomic mass is 9.59. The van der Waals surface area contributed by atoms with Gasteiger partial charge in [0.05, 0.1) is 5.69 Å². The molecule has 142 valence electrons. The summed E-state index contributed by atoms with van der Waals surface area (Å²) in [6.07, 6.45) is 7.11. The molecule has 0 radical (unpaired) electrons. The fraction of sp³-hybridized carbons (Fsp3) is 0.370. The smallest absolute Gasteiger partial charge is 0.0708 e. The maximum absolute atomic E-state index is 4.94. The molecule has 0 atom stereocenters. The van der Waals surface area contributed by atoms with E-state index in [0.29, 0.717) is 0 Å². The van der Waals surface area contributed by atoms with E-state index in [9.17, 15) is 0 Å². The summed E-state index contributed by atoms with van der Waals surface area (Å²) in [7, 11) is 0. The van der Waals surface area contributed by atoms with Gasteiger partial charge in [-0.15, -0.1) is 0 Å². The van der Waals surface area contributed by atoms with Crippen molar-refractivity contribution in [3.63, 3.8) is 0 Å². The molecule has 1 heterocycles. The summed E-state index contributed by atoms with van der Waals surface area (Å²) in [4.78, 5) is 4.94. The van der Waals surface area contributed by atoms with Crippen LogP contribution < -0.4 is 0 Å². The maximum Gasteiger partial charge on any atom is 0.0708 e. The lowest BCUT2D eigenvalue weighted by Gasteiger charge is -2.44. The molecule has 3 aromatic rings. The zero-order valence-corrected chi connectivity index (χ0v) is 17.5. The molecule has 0 aliphatic heterocycles. The Morgan fingerprint density at radius 3 is 2.11 bits per heavy atom. The second-order valence-electron chi connectivity index (χ2n) is 9.57. The van der Waals surface area contributed by atoms with Gasteiger partial charge in [-0.2, -0.15) is 0 Å². The first-order chi connectivity index (χ1) is 13.4. The average molecular weight is 368 g/mol. The van der Waals surface area contributed by atoms with E-state index in [4.69, 9.17) is 4.98 Å². The van der Waals surface area contributed by atoms with Crippen molar-refractivity contribution < 1.29 is 0 Å². The molecule has 0 amide bonds. The van der Waals surface area contributed by atoms with Gasteiger partial charge >= 0.3 is 0 Å². The van der Waals surface area contributed by atoms with Crippen LogP contribution in [0.4, 0.5) is 0 Å². The van der Waals surface area contributed by atoms with Crippen LogP contribution in [0, 0.1) is 0 Å². The quantitative estimate of drug-likeness (QED) is 0.472. The first-order valence-corrected chi connectivity index (χ1v) is 10.6. The van der Waals surface area contributed by atoms with Crippen LogP contribution in [0.3, 0.4) is 0 Å². The van der Waals surface area contributed by atoms with Crippen LogP contribution in [0.15, 0.2) is 54.7 Å². The van der Waals surface area contributed by atoms with Gasteiger partial charge in [-0.1, -0.05) is 70.2 Å². The van der Waals surface area contributed by atoms with Crippen molar-refractivity contribution in [2.24, 2.45) is 0 Å². The predicted molar refractivity (Wildman–Crippen MR) is 117 cm³/mol. The van der Waals surface area contributed by atoms with Gasteiger partial charge in [-0.3, -0.25) is 4.98 Å². The van der Waals surface area contributed by atoms with Crippen LogP contribution in [0.25, 0.3) is 11.3 Å². The third kappa shape index (κ3) is 2.42. The summed E-state index contributed by atoms with van der Waals surface area (Å²) in [5, 5.41) is 0. The molecule has 1 nitrogen and oxygen atoms in total. The van der Waals surface area contributed by atoms with E-state index in [0.717, 1.165) is 5.69 Å². The molecule has 1 aromatic heterocycles. The summed E-state index contributed by atoms with van der Waals surface area (Å²) in [6.45, 7) is 9.48. The Kier molecular flexibility index (Phi) is 3.81. The highest BCUT2D eigenvalue weighted by Crippen LogP contribution is 2.52. The van der Waals surface area contributed by atoms with E-state index in [2.05, 4.69) is 82.4 Å². The van der Waals surface area contributed by atoms with Gasteiger partial charge < -0.3 is 0 Å². The van der Waals surface area contributed by atoms with E-state index in [-0.39, 0.29) is 10.8 Å². The number of aromatic nitrogens is 1. The van der Waals surface area contributed by atoms with Crippen LogP contribution in [0.2, 0.25) is 0 Å². The second-order valence-corrected chi connectivity index (χ2v) is 9.57. The second kappa shape index (κ2) is 6.04. The number of hydrogen-bond donors (Lipinski definition) is 0. The molecule has 0 spiro atoms. The molecule has 0 N–H and O–H groups in total. The zero-order valence-electron chi connectivity index (χ0n) is 17.5. The minimum Gasteiger partial charge on any atom is -0.256 e. The highest BCUT2D eigenvalue weighted by molar-refractivity contribution is 5.73. The maximum atomic E-state index is 4.94. The van der Waals surface area contributed by atoms with Crippen molar-refractivity contribution in [2.75, 3.05) is 0 Å². The van der Waals surface area contributed by atoms with Crippen molar-refractivity contribution in [2.45, 2.75) is 64.2 Å². The Morgan fingerprint density at radius 1 is 0.714 bits per heavy atom. The Hall–Kier alpha value is -2.41. The van der Waals surface area contributed by atoms with Gasteiger partial charge in [0.15, 0.2) is 0 Å². The fourth-order valence-electron chi connectivity index (χ4n) is 5.57. The van der Waals surface area contributed by atoms with Crippen LogP contribution in [0.5, 0.6) is 0 Å².